The monoisotopic (exact) mass is 360 g/mol. The molecular weight excluding hydrogens is 348 g/mol. The van der Waals surface area contributed by atoms with E-state index in [4.69, 9.17) is 0 Å². The molecule has 8 heteroatoms. The molecular formula is C12H13BrN2O4S. The van der Waals surface area contributed by atoms with Crippen LogP contribution in [0, 0.1) is 6.92 Å². The van der Waals surface area contributed by atoms with Crippen molar-refractivity contribution in [2.45, 2.75) is 25.4 Å². The summed E-state index contributed by atoms with van der Waals surface area (Å²) in [7, 11) is -3.08. The van der Waals surface area contributed by atoms with Gasteiger partial charge >= 0.3 is 0 Å². The van der Waals surface area contributed by atoms with E-state index in [-0.39, 0.29) is 35.8 Å². The second-order valence-corrected chi connectivity index (χ2v) is 8.46. The van der Waals surface area contributed by atoms with Gasteiger partial charge in [0.15, 0.2) is 9.84 Å². The van der Waals surface area contributed by atoms with Crippen LogP contribution in [0.15, 0.2) is 15.3 Å². The van der Waals surface area contributed by atoms with Crippen LogP contribution in [0.4, 0.5) is 0 Å². The zero-order chi connectivity index (χ0) is 14.7. The number of rotatable bonds is 0. The predicted octanol–water partition coefficient (Wildman–Crippen LogP) is 0.524. The smallest absolute Gasteiger partial charge is 0.270 e. The Balaban J connectivity index is 2.22. The fourth-order valence-electron chi connectivity index (χ4n) is 2.94. The van der Waals surface area contributed by atoms with Gasteiger partial charge in [0.25, 0.3) is 11.5 Å². The van der Waals surface area contributed by atoms with Gasteiger partial charge in [-0.25, -0.2) is 8.42 Å². The summed E-state index contributed by atoms with van der Waals surface area (Å²) in [5.74, 6) is -0.360. The summed E-state index contributed by atoms with van der Waals surface area (Å²) in [5, 5.41) is 2.82. The largest absolute Gasteiger partial charge is 0.327 e. The highest BCUT2D eigenvalue weighted by Gasteiger charge is 2.47. The number of nitrogens with one attached hydrogen (secondary N) is 1. The minimum absolute atomic E-state index is 0.0231. The minimum atomic E-state index is -3.08. The SMILES string of the molecule is Cc1cc(Br)c(=O)n2c1C(=O)NC21CCS(=O)(=O)CC1. The molecule has 6 nitrogen and oxygen atoms in total. The molecule has 0 radical (unpaired) electrons. The number of pyridine rings is 1. The Labute approximate surface area is 124 Å². The van der Waals surface area contributed by atoms with E-state index >= 15 is 0 Å². The van der Waals surface area contributed by atoms with Crippen molar-refractivity contribution in [3.05, 3.63) is 32.2 Å². The standard InChI is InChI=1S/C12H13BrN2O4S/c1-7-6-8(13)11(17)15-9(7)10(16)14-12(15)2-4-20(18,19)5-3-12/h6H,2-5H2,1H3,(H,14,16). The van der Waals surface area contributed by atoms with Crippen LogP contribution in [0.1, 0.15) is 28.9 Å². The number of carbonyl (C=O) groups is 1. The van der Waals surface area contributed by atoms with Crippen LogP contribution in [0.25, 0.3) is 0 Å². The second kappa shape index (κ2) is 4.17. The van der Waals surface area contributed by atoms with Crippen LogP contribution in [0.2, 0.25) is 0 Å². The van der Waals surface area contributed by atoms with Gasteiger partial charge in [-0.3, -0.25) is 14.2 Å². The van der Waals surface area contributed by atoms with Crippen molar-refractivity contribution in [1.29, 1.82) is 0 Å². The zero-order valence-electron chi connectivity index (χ0n) is 10.8. The Morgan fingerprint density at radius 3 is 2.50 bits per heavy atom. The fraction of sp³-hybridized carbons (Fsp3) is 0.500. The molecule has 3 heterocycles. The predicted molar refractivity (Wildman–Crippen MR) is 76.5 cm³/mol. The summed E-state index contributed by atoms with van der Waals surface area (Å²) in [6.45, 7) is 1.76. The van der Waals surface area contributed by atoms with Crippen LogP contribution in [-0.4, -0.2) is 30.4 Å². The third-order valence-electron chi connectivity index (χ3n) is 3.99. The molecule has 1 amide bonds. The highest BCUT2D eigenvalue weighted by molar-refractivity contribution is 9.10. The number of sulfone groups is 1. The van der Waals surface area contributed by atoms with Crippen molar-refractivity contribution < 1.29 is 13.2 Å². The summed E-state index contributed by atoms with van der Waals surface area (Å²) < 4.78 is 25.0. The Kier molecular flexibility index (Phi) is 2.88. The van der Waals surface area contributed by atoms with E-state index in [1.165, 1.54) is 4.57 Å². The maximum atomic E-state index is 12.4. The molecule has 0 bridgehead atoms. The number of fused-ring (bicyclic) bond motifs is 2. The molecule has 1 saturated heterocycles. The lowest BCUT2D eigenvalue weighted by molar-refractivity contribution is 0.0908. The number of nitrogens with zero attached hydrogens (tertiary/aromatic N) is 1. The van der Waals surface area contributed by atoms with Crippen LogP contribution in [0.3, 0.4) is 0 Å². The Hall–Kier alpha value is -1.15. The normalized spacial score (nSPS) is 22.6. The number of halogens is 1. The highest BCUT2D eigenvalue weighted by Crippen LogP contribution is 2.34. The van der Waals surface area contributed by atoms with Crippen molar-refractivity contribution in [3.8, 4) is 0 Å². The molecule has 0 aliphatic carbocycles. The lowest BCUT2D eigenvalue weighted by Crippen LogP contribution is -2.52. The van der Waals surface area contributed by atoms with Gasteiger partial charge in [-0.05, 0) is 34.5 Å². The van der Waals surface area contributed by atoms with Crippen LogP contribution >= 0.6 is 15.9 Å². The summed E-state index contributed by atoms with van der Waals surface area (Å²) in [4.78, 5) is 24.5. The summed E-state index contributed by atoms with van der Waals surface area (Å²) in [6.07, 6.45) is 0.452. The van der Waals surface area contributed by atoms with E-state index in [9.17, 15) is 18.0 Å². The van der Waals surface area contributed by atoms with Gasteiger partial charge in [-0.1, -0.05) is 0 Å². The number of amides is 1. The van der Waals surface area contributed by atoms with Crippen molar-refractivity contribution in [1.82, 2.24) is 9.88 Å². The van der Waals surface area contributed by atoms with Gasteiger partial charge in [-0.2, -0.15) is 0 Å². The summed E-state index contributed by atoms with van der Waals surface area (Å²) in [6, 6.07) is 1.62. The van der Waals surface area contributed by atoms with E-state index in [1.807, 2.05) is 0 Å². The zero-order valence-corrected chi connectivity index (χ0v) is 13.2. The van der Waals surface area contributed by atoms with E-state index in [1.54, 1.807) is 13.0 Å². The van der Waals surface area contributed by atoms with Gasteiger partial charge in [0.1, 0.15) is 11.4 Å². The van der Waals surface area contributed by atoms with Crippen molar-refractivity contribution in [3.63, 3.8) is 0 Å². The van der Waals surface area contributed by atoms with Crippen molar-refractivity contribution in [2.75, 3.05) is 11.5 Å². The van der Waals surface area contributed by atoms with Crippen molar-refractivity contribution >= 4 is 31.7 Å². The molecule has 1 N–H and O–H groups in total. The average Bonchev–Trinajstić information content (AvgIpc) is 2.65. The first-order valence-corrected chi connectivity index (χ1v) is 8.83. The van der Waals surface area contributed by atoms with E-state index < -0.39 is 15.5 Å². The third kappa shape index (κ3) is 1.85. The molecule has 20 heavy (non-hydrogen) atoms. The average molecular weight is 361 g/mol. The van der Waals surface area contributed by atoms with Crippen LogP contribution in [0.5, 0.6) is 0 Å². The molecule has 0 saturated carbocycles. The number of aryl methyl sites for hydroxylation is 1. The van der Waals surface area contributed by atoms with E-state index in [2.05, 4.69) is 21.2 Å². The first kappa shape index (κ1) is 13.8. The quantitative estimate of drug-likeness (QED) is 0.730. The number of hydrogen-bond acceptors (Lipinski definition) is 4. The molecule has 2 aliphatic rings. The van der Waals surface area contributed by atoms with Crippen LogP contribution < -0.4 is 10.9 Å². The molecule has 3 rings (SSSR count). The molecule has 1 fully saturated rings. The van der Waals surface area contributed by atoms with Crippen molar-refractivity contribution in [2.24, 2.45) is 0 Å². The molecule has 0 unspecified atom stereocenters. The second-order valence-electron chi connectivity index (χ2n) is 5.30. The highest BCUT2D eigenvalue weighted by atomic mass is 79.9. The first-order valence-electron chi connectivity index (χ1n) is 6.21. The van der Waals surface area contributed by atoms with Crippen LogP contribution in [-0.2, 0) is 15.5 Å². The molecule has 1 aromatic heterocycles. The van der Waals surface area contributed by atoms with Gasteiger partial charge in [0, 0.05) is 12.8 Å². The summed E-state index contributed by atoms with van der Waals surface area (Å²) in [5.41, 5.74) is -0.177. The number of hydrogen-bond donors (Lipinski definition) is 1. The van der Waals surface area contributed by atoms with Gasteiger partial charge in [0.05, 0.1) is 16.0 Å². The Bertz CT molecular complexity index is 767. The molecule has 0 aromatic carbocycles. The lowest BCUT2D eigenvalue weighted by atomic mass is 10.0. The maximum absolute atomic E-state index is 12.4. The molecule has 108 valence electrons. The number of aromatic nitrogens is 1. The number of carbonyl (C=O) groups excluding carboxylic acids is 1. The Morgan fingerprint density at radius 2 is 1.90 bits per heavy atom. The maximum Gasteiger partial charge on any atom is 0.270 e. The van der Waals surface area contributed by atoms with Gasteiger partial charge in [0.2, 0.25) is 0 Å². The topological polar surface area (TPSA) is 85.2 Å². The first-order chi connectivity index (χ1) is 9.26. The minimum Gasteiger partial charge on any atom is -0.327 e. The molecule has 2 aliphatic heterocycles. The van der Waals surface area contributed by atoms with Gasteiger partial charge < -0.3 is 5.32 Å². The lowest BCUT2D eigenvalue weighted by Gasteiger charge is -2.34. The third-order valence-corrected chi connectivity index (χ3v) is 6.21. The van der Waals surface area contributed by atoms with Gasteiger partial charge in [-0.15, -0.1) is 0 Å². The summed E-state index contributed by atoms with van der Waals surface area (Å²) >= 11 is 3.20. The van der Waals surface area contributed by atoms with E-state index in [0.29, 0.717) is 15.7 Å². The molecule has 1 spiro atoms. The molecule has 1 aromatic rings. The Morgan fingerprint density at radius 1 is 1.30 bits per heavy atom. The molecule has 0 atom stereocenters. The fourth-order valence-corrected chi connectivity index (χ4v) is 4.97. The van der Waals surface area contributed by atoms with E-state index in [0.717, 1.165) is 0 Å².